The molecular formula is C27H26N2. The second-order valence-corrected chi connectivity index (χ2v) is 8.75. The zero-order valence-electron chi connectivity index (χ0n) is 16.6. The van der Waals surface area contributed by atoms with E-state index in [9.17, 15) is 0 Å². The van der Waals surface area contributed by atoms with Gasteiger partial charge in [0.2, 0.25) is 0 Å². The SMILES string of the molecule is c1ccc(C2=N[C@@H]3CCC[C@H]4[C@@H]3N2CC4(c2ccccc2)c2ccccc2)cc1. The summed E-state index contributed by atoms with van der Waals surface area (Å²) in [5.74, 6) is 1.80. The topological polar surface area (TPSA) is 15.6 Å². The summed E-state index contributed by atoms with van der Waals surface area (Å²) in [6.07, 6.45) is 3.76. The van der Waals surface area contributed by atoms with Crippen molar-refractivity contribution < 1.29 is 0 Å². The number of benzene rings is 3. The third-order valence-corrected chi connectivity index (χ3v) is 7.40. The summed E-state index contributed by atoms with van der Waals surface area (Å²) < 4.78 is 0. The van der Waals surface area contributed by atoms with Crippen LogP contribution in [0.1, 0.15) is 36.0 Å². The summed E-state index contributed by atoms with van der Waals surface area (Å²) in [5.41, 5.74) is 4.21. The molecule has 3 aromatic rings. The third-order valence-electron chi connectivity index (χ3n) is 7.40. The van der Waals surface area contributed by atoms with Crippen LogP contribution >= 0.6 is 0 Å². The van der Waals surface area contributed by atoms with E-state index in [1.165, 1.54) is 41.8 Å². The second-order valence-electron chi connectivity index (χ2n) is 8.75. The smallest absolute Gasteiger partial charge is 0.131 e. The summed E-state index contributed by atoms with van der Waals surface area (Å²) in [6, 6.07) is 34.2. The van der Waals surface area contributed by atoms with Crippen molar-refractivity contribution in [1.82, 2.24) is 4.90 Å². The summed E-state index contributed by atoms with van der Waals surface area (Å²) >= 11 is 0. The minimum atomic E-state index is 0.0296. The maximum atomic E-state index is 5.26. The lowest BCUT2D eigenvalue weighted by Crippen LogP contribution is -2.43. The van der Waals surface area contributed by atoms with Gasteiger partial charge in [-0.15, -0.1) is 0 Å². The molecule has 3 atom stereocenters. The van der Waals surface area contributed by atoms with Crippen LogP contribution in [0, 0.1) is 5.92 Å². The quantitative estimate of drug-likeness (QED) is 0.605. The number of nitrogens with zero attached hydrogens (tertiary/aromatic N) is 2. The maximum Gasteiger partial charge on any atom is 0.131 e. The molecule has 1 saturated carbocycles. The van der Waals surface area contributed by atoms with Crippen LogP contribution in [-0.2, 0) is 5.41 Å². The standard InChI is InChI=1S/C27H26N2/c1-4-11-20(12-5-1)26-28-24-18-10-17-23-25(24)29(26)19-27(23,21-13-6-2-7-14-21)22-15-8-3-9-16-22/h1-9,11-16,23-25H,10,17-19H2/t23-,24+,25-/m0/s1. The molecule has 0 radical (unpaired) electrons. The van der Waals surface area contributed by atoms with Crippen molar-refractivity contribution in [2.75, 3.05) is 6.54 Å². The van der Waals surface area contributed by atoms with E-state index in [4.69, 9.17) is 4.99 Å². The van der Waals surface area contributed by atoms with Gasteiger partial charge in [0.05, 0.1) is 12.1 Å². The van der Waals surface area contributed by atoms with Gasteiger partial charge in [-0.2, -0.15) is 0 Å². The van der Waals surface area contributed by atoms with Gasteiger partial charge in [0, 0.05) is 17.5 Å². The summed E-state index contributed by atoms with van der Waals surface area (Å²) in [4.78, 5) is 7.92. The number of hydrogen-bond donors (Lipinski definition) is 0. The first-order chi connectivity index (χ1) is 14.4. The van der Waals surface area contributed by atoms with Gasteiger partial charge in [0.15, 0.2) is 0 Å². The van der Waals surface area contributed by atoms with Crippen molar-refractivity contribution in [2.24, 2.45) is 10.9 Å². The van der Waals surface area contributed by atoms with Gasteiger partial charge in [-0.25, -0.2) is 0 Å². The van der Waals surface area contributed by atoms with E-state index in [0.29, 0.717) is 18.0 Å². The van der Waals surface area contributed by atoms with Gasteiger partial charge < -0.3 is 4.90 Å². The molecule has 0 aromatic heterocycles. The molecule has 29 heavy (non-hydrogen) atoms. The van der Waals surface area contributed by atoms with E-state index < -0.39 is 0 Å². The molecule has 3 aliphatic rings. The Morgan fingerprint density at radius 3 is 1.93 bits per heavy atom. The molecule has 0 bridgehead atoms. The molecular weight excluding hydrogens is 352 g/mol. The highest BCUT2D eigenvalue weighted by Crippen LogP contribution is 2.55. The van der Waals surface area contributed by atoms with Crippen LogP contribution in [0.5, 0.6) is 0 Å². The average molecular weight is 379 g/mol. The molecule has 6 rings (SSSR count). The fraction of sp³-hybridized carbons (Fsp3) is 0.296. The fourth-order valence-electron chi connectivity index (χ4n) is 6.28. The molecule has 0 spiro atoms. The monoisotopic (exact) mass is 378 g/mol. The minimum absolute atomic E-state index is 0.0296. The van der Waals surface area contributed by atoms with Crippen molar-refractivity contribution in [1.29, 1.82) is 0 Å². The van der Waals surface area contributed by atoms with Crippen molar-refractivity contribution >= 4 is 5.84 Å². The van der Waals surface area contributed by atoms with Crippen LogP contribution in [-0.4, -0.2) is 29.4 Å². The van der Waals surface area contributed by atoms with E-state index in [1.54, 1.807) is 0 Å². The van der Waals surface area contributed by atoms with E-state index in [0.717, 1.165) is 6.54 Å². The lowest BCUT2D eigenvalue weighted by atomic mass is 9.62. The molecule has 3 aromatic carbocycles. The highest BCUT2D eigenvalue weighted by atomic mass is 15.3. The molecule has 2 nitrogen and oxygen atoms in total. The van der Waals surface area contributed by atoms with Gasteiger partial charge >= 0.3 is 0 Å². The predicted molar refractivity (Wildman–Crippen MR) is 118 cm³/mol. The number of hydrogen-bond acceptors (Lipinski definition) is 2. The Hall–Kier alpha value is -2.87. The van der Waals surface area contributed by atoms with Gasteiger partial charge in [-0.3, -0.25) is 4.99 Å². The Morgan fingerprint density at radius 1 is 0.724 bits per heavy atom. The first kappa shape index (κ1) is 17.0. The maximum absolute atomic E-state index is 5.26. The summed E-state index contributed by atoms with van der Waals surface area (Å²) in [7, 11) is 0. The van der Waals surface area contributed by atoms with Crippen LogP contribution in [0.4, 0.5) is 0 Å². The van der Waals surface area contributed by atoms with E-state index in [-0.39, 0.29) is 5.41 Å². The Balaban J connectivity index is 1.54. The molecule has 2 heterocycles. The summed E-state index contributed by atoms with van der Waals surface area (Å²) in [5, 5.41) is 0. The largest absolute Gasteiger partial charge is 0.350 e. The van der Waals surface area contributed by atoms with Crippen molar-refractivity contribution in [3.05, 3.63) is 108 Å². The normalized spacial score (nSPS) is 26.8. The number of rotatable bonds is 3. The third kappa shape index (κ3) is 2.45. The van der Waals surface area contributed by atoms with Crippen LogP contribution in [0.25, 0.3) is 0 Å². The molecule has 0 unspecified atom stereocenters. The summed E-state index contributed by atoms with van der Waals surface area (Å²) in [6.45, 7) is 1.01. The van der Waals surface area contributed by atoms with Gasteiger partial charge in [0.1, 0.15) is 5.84 Å². The molecule has 2 heteroatoms. The van der Waals surface area contributed by atoms with Crippen LogP contribution < -0.4 is 0 Å². The highest BCUT2D eigenvalue weighted by Gasteiger charge is 2.60. The average Bonchev–Trinajstić information content (AvgIpc) is 3.35. The molecule has 2 aliphatic heterocycles. The first-order valence-electron chi connectivity index (χ1n) is 10.9. The Kier molecular flexibility index (Phi) is 3.87. The fourth-order valence-corrected chi connectivity index (χ4v) is 6.28. The molecule has 0 N–H and O–H groups in total. The van der Waals surface area contributed by atoms with Crippen LogP contribution in [0.2, 0.25) is 0 Å². The number of aliphatic imine (C=N–C) groups is 1. The zero-order valence-corrected chi connectivity index (χ0v) is 16.6. The lowest BCUT2D eigenvalue weighted by molar-refractivity contribution is 0.223. The highest BCUT2D eigenvalue weighted by molar-refractivity contribution is 6.01. The van der Waals surface area contributed by atoms with Gasteiger partial charge in [0.25, 0.3) is 0 Å². The van der Waals surface area contributed by atoms with Gasteiger partial charge in [-0.05, 0) is 29.9 Å². The van der Waals surface area contributed by atoms with Gasteiger partial charge in [-0.1, -0.05) is 97.4 Å². The van der Waals surface area contributed by atoms with Crippen molar-refractivity contribution in [2.45, 2.75) is 36.8 Å². The molecule has 1 aliphatic carbocycles. The van der Waals surface area contributed by atoms with Crippen LogP contribution in [0.3, 0.4) is 0 Å². The van der Waals surface area contributed by atoms with Crippen molar-refractivity contribution in [3.63, 3.8) is 0 Å². The van der Waals surface area contributed by atoms with E-state index in [1.807, 2.05) is 0 Å². The number of amidine groups is 1. The lowest BCUT2D eigenvalue weighted by Gasteiger charge is -2.40. The molecule has 1 saturated heterocycles. The predicted octanol–water partition coefficient (Wildman–Crippen LogP) is 5.29. The minimum Gasteiger partial charge on any atom is -0.350 e. The van der Waals surface area contributed by atoms with E-state index in [2.05, 4.69) is 95.9 Å². The second kappa shape index (κ2) is 6.59. The van der Waals surface area contributed by atoms with Crippen molar-refractivity contribution in [3.8, 4) is 0 Å². The Labute approximate surface area is 172 Å². The Morgan fingerprint density at radius 2 is 1.31 bits per heavy atom. The zero-order chi connectivity index (χ0) is 19.3. The molecule has 0 amide bonds. The first-order valence-corrected chi connectivity index (χ1v) is 10.9. The Bertz CT molecular complexity index is 986. The van der Waals surface area contributed by atoms with Crippen LogP contribution in [0.15, 0.2) is 96.0 Å². The molecule has 2 fully saturated rings. The van der Waals surface area contributed by atoms with E-state index >= 15 is 0 Å². The molecule has 144 valence electrons.